The van der Waals surface area contributed by atoms with Crippen molar-refractivity contribution in [3.05, 3.63) is 84.0 Å². The molecular weight excluding hydrogens is 340 g/mol. The van der Waals surface area contributed by atoms with E-state index in [9.17, 15) is 0 Å². The molecule has 2 rings (SSSR count). The van der Waals surface area contributed by atoms with Gasteiger partial charge in [-0.3, -0.25) is 0 Å². The molecule has 0 aliphatic rings. The molecule has 3 atom stereocenters. The van der Waals surface area contributed by atoms with E-state index in [1.807, 2.05) is 18.2 Å². The quantitative estimate of drug-likeness (QED) is 0.380. The maximum absolute atomic E-state index is 6.45. The first kappa shape index (κ1) is 22.0. The van der Waals surface area contributed by atoms with E-state index in [1.165, 1.54) is 29.5 Å². The zero-order chi connectivity index (χ0) is 20.5. The van der Waals surface area contributed by atoms with Crippen molar-refractivity contribution in [2.24, 2.45) is 11.8 Å². The molecule has 0 fully saturated rings. The summed E-state index contributed by atoms with van der Waals surface area (Å²) in [5.41, 5.74) is 3.77. The van der Waals surface area contributed by atoms with Crippen LogP contribution in [0.5, 0.6) is 5.75 Å². The van der Waals surface area contributed by atoms with Crippen LogP contribution in [-0.4, -0.2) is 0 Å². The molecule has 0 spiro atoms. The van der Waals surface area contributed by atoms with Crippen molar-refractivity contribution < 1.29 is 4.74 Å². The first-order chi connectivity index (χ1) is 13.5. The summed E-state index contributed by atoms with van der Waals surface area (Å²) in [6.45, 7) is 15.3. The van der Waals surface area contributed by atoms with Crippen molar-refractivity contribution in [1.29, 1.82) is 0 Å². The molecule has 3 unspecified atom stereocenters. The zero-order valence-corrected chi connectivity index (χ0v) is 18.2. The second-order valence-corrected chi connectivity index (χ2v) is 8.15. The Balaban J connectivity index is 2.47. The molecular formula is C27H36O. The van der Waals surface area contributed by atoms with Crippen LogP contribution in [0.2, 0.25) is 0 Å². The Hall–Kier alpha value is -2.28. The number of hydrogen-bond acceptors (Lipinski definition) is 1. The fraction of sp³-hybridized carbons (Fsp3) is 0.407. The monoisotopic (exact) mass is 376 g/mol. The van der Waals surface area contributed by atoms with Gasteiger partial charge >= 0.3 is 0 Å². The Morgan fingerprint density at radius 2 is 1.68 bits per heavy atom. The average Bonchev–Trinajstić information content (AvgIpc) is 2.70. The summed E-state index contributed by atoms with van der Waals surface area (Å²) in [5, 5.41) is 0. The fourth-order valence-corrected chi connectivity index (χ4v) is 3.77. The fourth-order valence-electron chi connectivity index (χ4n) is 3.77. The Morgan fingerprint density at radius 3 is 2.29 bits per heavy atom. The highest BCUT2D eigenvalue weighted by molar-refractivity contribution is 5.63. The van der Waals surface area contributed by atoms with E-state index < -0.39 is 0 Å². The lowest BCUT2D eigenvalue weighted by molar-refractivity contribution is 0.226. The van der Waals surface area contributed by atoms with Gasteiger partial charge < -0.3 is 4.74 Å². The molecule has 1 nitrogen and oxygen atoms in total. The van der Waals surface area contributed by atoms with Gasteiger partial charge in [-0.25, -0.2) is 0 Å². The predicted octanol–water partition coefficient (Wildman–Crippen LogP) is 8.20. The van der Waals surface area contributed by atoms with Crippen LogP contribution >= 0.6 is 0 Å². The third-order valence-electron chi connectivity index (χ3n) is 5.53. The molecule has 28 heavy (non-hydrogen) atoms. The van der Waals surface area contributed by atoms with Gasteiger partial charge in [0.2, 0.25) is 0 Å². The van der Waals surface area contributed by atoms with Crippen molar-refractivity contribution in [2.75, 3.05) is 0 Å². The van der Waals surface area contributed by atoms with Gasteiger partial charge in [0.1, 0.15) is 11.9 Å². The number of hydrogen-bond donors (Lipinski definition) is 0. The second kappa shape index (κ2) is 10.9. The molecule has 2 aromatic rings. The summed E-state index contributed by atoms with van der Waals surface area (Å²) in [4.78, 5) is 0. The van der Waals surface area contributed by atoms with Crippen molar-refractivity contribution in [3.63, 3.8) is 0 Å². The minimum Gasteiger partial charge on any atom is -0.485 e. The average molecular weight is 377 g/mol. The lowest BCUT2D eigenvalue weighted by atomic mass is 9.78. The van der Waals surface area contributed by atoms with Gasteiger partial charge in [-0.2, -0.15) is 0 Å². The van der Waals surface area contributed by atoms with Crippen molar-refractivity contribution in [2.45, 2.75) is 59.5 Å². The highest BCUT2D eigenvalue weighted by Gasteiger charge is 2.23. The van der Waals surface area contributed by atoms with E-state index in [-0.39, 0.29) is 6.10 Å². The Kier molecular flexibility index (Phi) is 8.57. The molecule has 0 heterocycles. The third-order valence-corrected chi connectivity index (χ3v) is 5.53. The molecule has 0 bridgehead atoms. The van der Waals surface area contributed by atoms with Crippen LogP contribution < -0.4 is 4.74 Å². The SMILES string of the molecule is C=C/C=C\c1c(OC(C)c2ccccc2)cccc1C(CC(C)C)C(C)CC. The second-order valence-electron chi connectivity index (χ2n) is 8.15. The zero-order valence-electron chi connectivity index (χ0n) is 18.2. The van der Waals surface area contributed by atoms with Gasteiger partial charge in [0.05, 0.1) is 0 Å². The van der Waals surface area contributed by atoms with Crippen molar-refractivity contribution in [3.8, 4) is 5.75 Å². The number of allylic oxidation sites excluding steroid dienone is 2. The summed E-state index contributed by atoms with van der Waals surface area (Å²) in [6, 6.07) is 16.9. The molecule has 150 valence electrons. The smallest absolute Gasteiger partial charge is 0.127 e. The molecule has 0 saturated carbocycles. The van der Waals surface area contributed by atoms with Gasteiger partial charge in [0.15, 0.2) is 0 Å². The van der Waals surface area contributed by atoms with Crippen LogP contribution in [0.4, 0.5) is 0 Å². The highest BCUT2D eigenvalue weighted by atomic mass is 16.5. The largest absolute Gasteiger partial charge is 0.485 e. The summed E-state index contributed by atoms with van der Waals surface area (Å²) in [7, 11) is 0. The normalized spacial score (nSPS) is 14.8. The lowest BCUT2D eigenvalue weighted by Gasteiger charge is -2.28. The van der Waals surface area contributed by atoms with E-state index in [1.54, 1.807) is 0 Å². The molecule has 0 amide bonds. The van der Waals surface area contributed by atoms with E-state index in [0.29, 0.717) is 17.8 Å². The van der Waals surface area contributed by atoms with Gasteiger partial charge in [0, 0.05) is 5.56 Å². The Morgan fingerprint density at radius 1 is 0.964 bits per heavy atom. The van der Waals surface area contributed by atoms with Crippen LogP contribution in [0.25, 0.3) is 6.08 Å². The predicted molar refractivity (Wildman–Crippen MR) is 123 cm³/mol. The number of benzene rings is 2. The summed E-state index contributed by atoms with van der Waals surface area (Å²) < 4.78 is 6.45. The minimum atomic E-state index is -0.000483. The molecule has 0 radical (unpaired) electrons. The van der Waals surface area contributed by atoms with Crippen LogP contribution in [0, 0.1) is 11.8 Å². The lowest BCUT2D eigenvalue weighted by Crippen LogP contribution is -2.14. The van der Waals surface area contributed by atoms with Crippen molar-refractivity contribution in [1.82, 2.24) is 0 Å². The molecule has 2 aromatic carbocycles. The third kappa shape index (κ3) is 5.86. The number of ether oxygens (including phenoxy) is 1. The van der Waals surface area contributed by atoms with Gasteiger partial charge in [-0.15, -0.1) is 0 Å². The Bertz CT molecular complexity index is 757. The van der Waals surface area contributed by atoms with Crippen LogP contribution in [0.3, 0.4) is 0 Å². The highest BCUT2D eigenvalue weighted by Crippen LogP contribution is 2.39. The van der Waals surface area contributed by atoms with Crippen LogP contribution in [0.1, 0.15) is 76.2 Å². The van der Waals surface area contributed by atoms with E-state index in [4.69, 9.17) is 4.74 Å². The Labute approximate surface area is 172 Å². The molecule has 0 aliphatic carbocycles. The maximum atomic E-state index is 6.45. The number of rotatable bonds is 10. The molecule has 0 N–H and O–H groups in total. The van der Waals surface area contributed by atoms with Gasteiger partial charge in [0.25, 0.3) is 0 Å². The minimum absolute atomic E-state index is 0.000483. The molecule has 0 aliphatic heterocycles. The van der Waals surface area contributed by atoms with E-state index >= 15 is 0 Å². The first-order valence-electron chi connectivity index (χ1n) is 10.6. The van der Waals surface area contributed by atoms with Gasteiger partial charge in [-0.1, -0.05) is 101 Å². The van der Waals surface area contributed by atoms with E-state index in [0.717, 1.165) is 5.75 Å². The summed E-state index contributed by atoms with van der Waals surface area (Å²) >= 11 is 0. The molecule has 0 aromatic heterocycles. The summed E-state index contributed by atoms with van der Waals surface area (Å²) in [6.07, 6.45) is 8.36. The van der Waals surface area contributed by atoms with Crippen LogP contribution in [0.15, 0.2) is 67.3 Å². The van der Waals surface area contributed by atoms with Gasteiger partial charge in [-0.05, 0) is 48.3 Å². The topological polar surface area (TPSA) is 9.23 Å². The standard InChI is InChI=1S/C27H36O/c1-7-9-16-25-24(26(19-20(3)4)21(5)8-2)17-13-18-27(25)28-22(6)23-14-11-10-12-15-23/h7,9-18,20-22,26H,1,8,19H2,2-6H3/b16-9-. The van der Waals surface area contributed by atoms with Crippen molar-refractivity contribution >= 4 is 6.08 Å². The molecule has 1 heteroatoms. The summed E-state index contributed by atoms with van der Waals surface area (Å²) in [5.74, 6) is 2.75. The molecule has 0 saturated heterocycles. The first-order valence-corrected chi connectivity index (χ1v) is 10.6. The maximum Gasteiger partial charge on any atom is 0.127 e. The van der Waals surface area contributed by atoms with Crippen LogP contribution in [-0.2, 0) is 0 Å². The van der Waals surface area contributed by atoms with E-state index in [2.05, 4.69) is 89.7 Å².